The van der Waals surface area contributed by atoms with Crippen LogP contribution in [0.5, 0.6) is 11.5 Å². The molecule has 1 saturated heterocycles. The predicted molar refractivity (Wildman–Crippen MR) is 129 cm³/mol. The maximum atomic E-state index is 14.5. The quantitative estimate of drug-likeness (QED) is 0.575. The van der Waals surface area contributed by atoms with E-state index < -0.39 is 11.7 Å². The van der Waals surface area contributed by atoms with Crippen LogP contribution in [0.4, 0.5) is 10.1 Å². The highest BCUT2D eigenvalue weighted by Gasteiger charge is 2.34. The second-order valence-corrected chi connectivity index (χ2v) is 9.30. The van der Waals surface area contributed by atoms with Crippen molar-refractivity contribution in [3.8, 4) is 22.6 Å². The van der Waals surface area contributed by atoms with Gasteiger partial charge < -0.3 is 19.7 Å². The number of amides is 2. The summed E-state index contributed by atoms with van der Waals surface area (Å²) in [5, 5.41) is 7.69. The molecule has 2 aliphatic rings. The van der Waals surface area contributed by atoms with Crippen LogP contribution in [0.3, 0.4) is 0 Å². The van der Waals surface area contributed by atoms with E-state index >= 15 is 0 Å². The van der Waals surface area contributed by atoms with Crippen LogP contribution in [0.2, 0.25) is 5.02 Å². The Kier molecular flexibility index (Phi) is 5.88. The first-order valence-corrected chi connectivity index (χ1v) is 11.6. The van der Waals surface area contributed by atoms with Gasteiger partial charge in [-0.3, -0.25) is 14.3 Å². The fourth-order valence-electron chi connectivity index (χ4n) is 4.47. The molecule has 2 aromatic carbocycles. The molecule has 1 fully saturated rings. The van der Waals surface area contributed by atoms with Crippen molar-refractivity contribution in [3.63, 3.8) is 0 Å². The van der Waals surface area contributed by atoms with Gasteiger partial charge in [0, 0.05) is 54.0 Å². The number of anilines is 1. The molecule has 2 aliphatic heterocycles. The SMILES string of the molecule is Cc1nn(C)c(C)c1-c1cc(Cl)ccc1OCC1CN(C(=O)c2cc3c(cc2F)OCC(=O)N3)C1. The number of hydrogen-bond acceptors (Lipinski definition) is 5. The lowest BCUT2D eigenvalue weighted by molar-refractivity contribution is -0.118. The summed E-state index contributed by atoms with van der Waals surface area (Å²) in [6, 6.07) is 7.94. The number of carbonyl (C=O) groups is 2. The van der Waals surface area contributed by atoms with Crippen LogP contribution in [0.15, 0.2) is 30.3 Å². The first kappa shape index (κ1) is 23.2. The molecular formula is C25H24ClFN4O4. The van der Waals surface area contributed by atoms with E-state index in [4.69, 9.17) is 21.1 Å². The lowest BCUT2D eigenvalue weighted by atomic mass is 9.99. The standard InChI is InChI=1S/C25H24ClFN4O4/c1-13-24(14(2)30(3)29-13)18-6-16(26)4-5-21(18)34-11-15-9-31(10-15)25(33)17-7-20-22(8-19(17)27)35-12-23(32)28-20/h4-8,15H,9-12H2,1-3H3,(H,28,32). The maximum Gasteiger partial charge on any atom is 0.262 e. The molecule has 5 rings (SSSR count). The molecule has 182 valence electrons. The van der Waals surface area contributed by atoms with Gasteiger partial charge in [-0.15, -0.1) is 0 Å². The molecule has 8 nitrogen and oxygen atoms in total. The second kappa shape index (κ2) is 8.88. The molecule has 0 unspecified atom stereocenters. The fourth-order valence-corrected chi connectivity index (χ4v) is 4.64. The number of ether oxygens (including phenoxy) is 2. The summed E-state index contributed by atoms with van der Waals surface area (Å²) in [6.07, 6.45) is 0. The van der Waals surface area contributed by atoms with Gasteiger partial charge in [0.05, 0.1) is 23.6 Å². The Bertz CT molecular complexity index is 1350. The largest absolute Gasteiger partial charge is 0.493 e. The number of nitrogens with zero attached hydrogens (tertiary/aromatic N) is 3. The summed E-state index contributed by atoms with van der Waals surface area (Å²) >= 11 is 6.27. The highest BCUT2D eigenvalue weighted by atomic mass is 35.5. The van der Waals surface area contributed by atoms with Crippen molar-refractivity contribution in [2.45, 2.75) is 13.8 Å². The van der Waals surface area contributed by atoms with Crippen molar-refractivity contribution in [3.05, 3.63) is 58.1 Å². The third kappa shape index (κ3) is 4.32. The van der Waals surface area contributed by atoms with Crippen LogP contribution in [0.1, 0.15) is 21.7 Å². The number of aromatic nitrogens is 2. The molecule has 1 aromatic heterocycles. The van der Waals surface area contributed by atoms with Crippen LogP contribution in [-0.4, -0.2) is 52.8 Å². The monoisotopic (exact) mass is 498 g/mol. The van der Waals surface area contributed by atoms with Crippen molar-refractivity contribution in [2.75, 3.05) is 31.6 Å². The van der Waals surface area contributed by atoms with E-state index in [1.807, 2.05) is 37.7 Å². The number of hydrogen-bond donors (Lipinski definition) is 1. The molecule has 10 heteroatoms. The highest BCUT2D eigenvalue weighted by molar-refractivity contribution is 6.31. The van der Waals surface area contributed by atoms with Crippen LogP contribution in [-0.2, 0) is 11.8 Å². The zero-order valence-corrected chi connectivity index (χ0v) is 20.3. The second-order valence-electron chi connectivity index (χ2n) is 8.86. The van der Waals surface area contributed by atoms with Gasteiger partial charge in [-0.05, 0) is 38.1 Å². The third-order valence-electron chi connectivity index (χ3n) is 6.37. The summed E-state index contributed by atoms with van der Waals surface area (Å²) in [5.74, 6) is -0.460. The van der Waals surface area contributed by atoms with E-state index in [0.717, 1.165) is 28.6 Å². The van der Waals surface area contributed by atoms with E-state index in [1.165, 1.54) is 6.07 Å². The van der Waals surface area contributed by atoms with Gasteiger partial charge in [-0.2, -0.15) is 5.10 Å². The minimum absolute atomic E-state index is 0.0993. The number of rotatable bonds is 5. The Hall–Kier alpha value is -3.59. The Morgan fingerprint density at radius 1 is 1.29 bits per heavy atom. The van der Waals surface area contributed by atoms with Gasteiger partial charge in [-0.1, -0.05) is 11.6 Å². The van der Waals surface area contributed by atoms with Gasteiger partial charge in [0.2, 0.25) is 0 Å². The van der Waals surface area contributed by atoms with Crippen molar-refractivity contribution >= 4 is 29.1 Å². The van der Waals surface area contributed by atoms with Gasteiger partial charge >= 0.3 is 0 Å². The number of carbonyl (C=O) groups excluding carboxylic acids is 2. The van der Waals surface area contributed by atoms with Gasteiger partial charge in [0.15, 0.2) is 6.61 Å². The normalized spacial score (nSPS) is 15.2. The molecular weight excluding hydrogens is 475 g/mol. The summed E-state index contributed by atoms with van der Waals surface area (Å²) in [4.78, 5) is 26.0. The minimum Gasteiger partial charge on any atom is -0.493 e. The molecule has 0 atom stereocenters. The smallest absolute Gasteiger partial charge is 0.262 e. The first-order valence-electron chi connectivity index (χ1n) is 11.2. The number of nitrogens with one attached hydrogen (secondary N) is 1. The van der Waals surface area contributed by atoms with Crippen molar-refractivity contribution in [2.24, 2.45) is 13.0 Å². The Morgan fingerprint density at radius 2 is 2.06 bits per heavy atom. The van der Waals surface area contributed by atoms with Crippen molar-refractivity contribution < 1.29 is 23.5 Å². The van der Waals surface area contributed by atoms with E-state index in [9.17, 15) is 14.0 Å². The highest BCUT2D eigenvalue weighted by Crippen LogP contribution is 2.37. The molecule has 0 spiro atoms. The van der Waals surface area contributed by atoms with E-state index in [0.29, 0.717) is 36.2 Å². The van der Waals surface area contributed by atoms with Crippen LogP contribution in [0, 0.1) is 25.6 Å². The van der Waals surface area contributed by atoms with E-state index in [-0.39, 0.29) is 29.7 Å². The zero-order chi connectivity index (χ0) is 24.9. The molecule has 2 amide bonds. The molecule has 0 bridgehead atoms. The third-order valence-corrected chi connectivity index (χ3v) is 6.61. The number of halogens is 2. The summed E-state index contributed by atoms with van der Waals surface area (Å²) in [5.41, 5.74) is 3.93. The summed E-state index contributed by atoms with van der Waals surface area (Å²) in [6.45, 7) is 5.03. The molecule has 1 N–H and O–H groups in total. The minimum atomic E-state index is -0.683. The van der Waals surface area contributed by atoms with Gasteiger partial charge in [0.25, 0.3) is 11.8 Å². The summed E-state index contributed by atoms with van der Waals surface area (Å²) < 4.78 is 27.7. The molecule has 0 saturated carbocycles. The van der Waals surface area contributed by atoms with Gasteiger partial charge in [0.1, 0.15) is 17.3 Å². The zero-order valence-electron chi connectivity index (χ0n) is 19.5. The molecule has 0 radical (unpaired) electrons. The molecule has 35 heavy (non-hydrogen) atoms. The van der Waals surface area contributed by atoms with Crippen LogP contribution < -0.4 is 14.8 Å². The molecule has 0 aliphatic carbocycles. The Labute approximate surface area is 206 Å². The number of aryl methyl sites for hydroxylation is 2. The van der Waals surface area contributed by atoms with E-state index in [2.05, 4.69) is 10.4 Å². The average Bonchev–Trinajstić information content (AvgIpc) is 3.04. The number of likely N-dealkylation sites (tertiary alicyclic amines) is 1. The van der Waals surface area contributed by atoms with Crippen LogP contribution >= 0.6 is 11.6 Å². The Balaban J connectivity index is 1.25. The van der Waals surface area contributed by atoms with Crippen molar-refractivity contribution in [1.29, 1.82) is 0 Å². The number of fused-ring (bicyclic) bond motifs is 1. The van der Waals surface area contributed by atoms with Crippen molar-refractivity contribution in [1.82, 2.24) is 14.7 Å². The van der Waals surface area contributed by atoms with Crippen LogP contribution in [0.25, 0.3) is 11.1 Å². The average molecular weight is 499 g/mol. The summed E-state index contributed by atoms with van der Waals surface area (Å²) in [7, 11) is 1.89. The lowest BCUT2D eigenvalue weighted by Crippen LogP contribution is -2.52. The topological polar surface area (TPSA) is 85.7 Å². The fraction of sp³-hybridized carbons (Fsp3) is 0.320. The maximum absolute atomic E-state index is 14.5. The number of benzene rings is 2. The predicted octanol–water partition coefficient (Wildman–Crippen LogP) is 3.98. The van der Waals surface area contributed by atoms with E-state index in [1.54, 1.807) is 11.0 Å². The van der Waals surface area contributed by atoms with Gasteiger partial charge in [-0.25, -0.2) is 4.39 Å². The lowest BCUT2D eigenvalue weighted by Gasteiger charge is -2.39. The molecule has 3 heterocycles. The first-order chi connectivity index (χ1) is 16.7. The Morgan fingerprint density at radius 3 is 2.77 bits per heavy atom. The molecule has 3 aromatic rings.